The van der Waals surface area contributed by atoms with E-state index in [0.29, 0.717) is 25.8 Å². The number of hydrogen-bond acceptors (Lipinski definition) is 13. The SMILES string of the molecule is CC[C@H]1OC(=O)[C@H](C)[C@@H](C2C[C@@](C)(OC)[C@@H](O)[C@H](C)O2)C[C@@H](O[C@@H]2O[C@H](C)C[C@H](N(C)C)[C@H]2O)[C@](C)(O)C[C@@H](C)CN(C(=O)CCCCCCCCCCC[PH](c2ccccc2)(c2ccccc2)c2cnn(C)c2)[C@H](C)C[C@]1(C)O. The molecule has 16 atom stereocenters. The molecular formula is C64H105N4O11P. The van der Waals surface area contributed by atoms with Gasteiger partial charge < -0.3 is 53.9 Å². The first-order valence-electron chi connectivity index (χ1n) is 30.5. The summed E-state index contributed by atoms with van der Waals surface area (Å²) in [5, 5.41) is 57.1. The van der Waals surface area contributed by atoms with Crippen molar-refractivity contribution < 1.29 is 53.7 Å². The number of aromatic nitrogens is 2. The summed E-state index contributed by atoms with van der Waals surface area (Å²) in [5.74, 6) is -2.30. The van der Waals surface area contributed by atoms with Gasteiger partial charge in [-0.1, -0.05) is 20.8 Å². The maximum Gasteiger partial charge on any atom is 0.101 e. The van der Waals surface area contributed by atoms with Crippen LogP contribution in [0.3, 0.4) is 0 Å². The van der Waals surface area contributed by atoms with Crippen molar-refractivity contribution in [3.63, 3.8) is 0 Å². The average molecular weight is 1140 g/mol. The van der Waals surface area contributed by atoms with E-state index in [-0.39, 0.29) is 49.7 Å². The molecule has 3 saturated heterocycles. The van der Waals surface area contributed by atoms with E-state index in [4.69, 9.17) is 23.7 Å². The van der Waals surface area contributed by atoms with Gasteiger partial charge in [-0.25, -0.2) is 0 Å². The summed E-state index contributed by atoms with van der Waals surface area (Å²) < 4.78 is 34.0. The Morgan fingerprint density at radius 2 is 1.39 bits per heavy atom. The fourth-order valence-electron chi connectivity index (χ4n) is 13.8. The van der Waals surface area contributed by atoms with E-state index in [9.17, 15) is 30.0 Å². The topological polar surface area (TPSA) is 186 Å². The van der Waals surface area contributed by atoms with Crippen LogP contribution in [0.2, 0.25) is 0 Å². The normalized spacial score (nSPS) is 34.6. The number of unbranched alkanes of at least 4 members (excludes halogenated alkanes) is 8. The van der Waals surface area contributed by atoms with Crippen LogP contribution in [0.15, 0.2) is 73.1 Å². The van der Waals surface area contributed by atoms with Gasteiger partial charge in [0, 0.05) is 38.1 Å². The first kappa shape index (κ1) is 65.8. The number of amides is 1. The number of cyclic esters (lactones) is 1. The molecule has 1 unspecified atom stereocenters. The number of benzene rings is 2. The molecule has 0 bridgehead atoms. The standard InChI is InChI=1S/C64H105N4O11P/c1-14-55-63(8,74)39-45(3)68(57(69)34-28-20-18-16-15-17-19-21-29-35-80(49-30-24-22-25-31-49,50-32-26-23-27-33-50)51-41-65-67(12)43-51)42-44(2)38-62(7,73)56(79-61-58(70)53(66(10)11)36-46(4)76-61)37-52(47(5)60(72)78-55)54-40-64(9,75-13)59(71)48(6)77-54/h22-27,30-33,41,43-48,52-56,58-59,61,70-71,73-74,80H,14-21,28-29,34-40,42H2,1-13H3/t44-,45-,46-,47-,48+,52+,53+,54?,55-,56-,58-,59+,61+,62-,63+,64-/m1/s1. The molecule has 4 N–H and O–H groups in total. The van der Waals surface area contributed by atoms with Crippen LogP contribution in [-0.4, -0.2) is 164 Å². The molecule has 2 aromatic carbocycles. The molecule has 3 aliphatic heterocycles. The number of likely N-dealkylation sites (N-methyl/N-ethyl adjacent to an activating group) is 1. The van der Waals surface area contributed by atoms with E-state index >= 15 is 0 Å². The Labute approximate surface area is 481 Å². The zero-order valence-electron chi connectivity index (χ0n) is 51.1. The number of carbonyl (C=O) groups is 2. The zero-order chi connectivity index (χ0) is 58.6. The summed E-state index contributed by atoms with van der Waals surface area (Å²) in [5.41, 5.74) is -4.08. The van der Waals surface area contributed by atoms with E-state index < -0.39 is 90.8 Å². The molecular weight excluding hydrogens is 1030 g/mol. The van der Waals surface area contributed by atoms with Crippen LogP contribution >= 0.6 is 7.26 Å². The molecule has 16 heteroatoms. The van der Waals surface area contributed by atoms with Crippen LogP contribution in [-0.2, 0) is 40.3 Å². The van der Waals surface area contributed by atoms with Gasteiger partial charge in [-0.3, -0.25) is 9.59 Å². The quantitative estimate of drug-likeness (QED) is 0.0455. The predicted molar refractivity (Wildman–Crippen MR) is 320 cm³/mol. The van der Waals surface area contributed by atoms with Crippen molar-refractivity contribution in [3.05, 3.63) is 73.1 Å². The van der Waals surface area contributed by atoms with Gasteiger partial charge in [0.25, 0.3) is 0 Å². The van der Waals surface area contributed by atoms with Crippen molar-refractivity contribution >= 4 is 35.1 Å². The monoisotopic (exact) mass is 1140 g/mol. The second kappa shape index (κ2) is 29.5. The number of aliphatic hydroxyl groups excluding tert-OH is 2. The first-order valence-corrected chi connectivity index (χ1v) is 32.7. The predicted octanol–water partition coefficient (Wildman–Crippen LogP) is 8.22. The second-order valence-electron chi connectivity index (χ2n) is 25.6. The third-order valence-corrected chi connectivity index (χ3v) is 23.6. The number of esters is 1. The van der Waals surface area contributed by atoms with Crippen LogP contribution in [0, 0.1) is 17.8 Å². The molecule has 452 valence electrons. The van der Waals surface area contributed by atoms with Gasteiger partial charge in [0.15, 0.2) is 6.29 Å². The molecule has 3 aromatic rings. The molecule has 15 nitrogen and oxygen atoms in total. The summed E-state index contributed by atoms with van der Waals surface area (Å²) in [6, 6.07) is 21.4. The molecule has 0 saturated carbocycles. The number of hydrogen-bond donors (Lipinski definition) is 4. The van der Waals surface area contributed by atoms with E-state index in [1.54, 1.807) is 34.8 Å². The van der Waals surface area contributed by atoms with Gasteiger partial charge in [0.05, 0.1) is 41.5 Å². The first-order chi connectivity index (χ1) is 37.9. The smallest absolute Gasteiger partial charge is 0.101 e. The third kappa shape index (κ3) is 16.5. The van der Waals surface area contributed by atoms with Crippen LogP contribution < -0.4 is 15.9 Å². The Kier molecular flexibility index (Phi) is 24.2. The largest absolute Gasteiger partial charge is 0.386 e. The molecule has 3 aliphatic rings. The van der Waals surface area contributed by atoms with E-state index in [1.807, 2.05) is 70.2 Å². The number of rotatable bonds is 21. The summed E-state index contributed by atoms with van der Waals surface area (Å²) in [6.07, 6.45) is 10.5. The van der Waals surface area contributed by atoms with Crippen molar-refractivity contribution in [2.45, 2.75) is 243 Å². The Hall–Kier alpha value is -3.34. The molecule has 0 spiro atoms. The van der Waals surface area contributed by atoms with Crippen LogP contribution in [0.25, 0.3) is 0 Å². The van der Waals surface area contributed by atoms with Gasteiger partial charge in [-0.15, -0.1) is 0 Å². The molecule has 1 aromatic heterocycles. The van der Waals surface area contributed by atoms with Crippen LogP contribution in [0.5, 0.6) is 0 Å². The number of aryl methyl sites for hydroxylation is 1. The third-order valence-electron chi connectivity index (χ3n) is 18.6. The molecule has 3 fully saturated rings. The van der Waals surface area contributed by atoms with E-state index in [2.05, 4.69) is 78.2 Å². The molecule has 6 rings (SSSR count). The van der Waals surface area contributed by atoms with E-state index in [1.165, 1.54) is 35.2 Å². The zero-order valence-corrected chi connectivity index (χ0v) is 52.1. The molecule has 0 aliphatic carbocycles. The minimum atomic E-state index is -2.29. The number of methoxy groups -OCH3 is 1. The summed E-state index contributed by atoms with van der Waals surface area (Å²) in [7, 11) is 5.09. The van der Waals surface area contributed by atoms with Gasteiger partial charge in [0.2, 0.25) is 0 Å². The number of nitrogens with zero attached hydrogens (tertiary/aromatic N) is 4. The average Bonchev–Trinajstić information content (AvgIpc) is 4.02. The van der Waals surface area contributed by atoms with Gasteiger partial charge in [0.1, 0.15) is 23.9 Å². The Bertz CT molecular complexity index is 2300. The Morgan fingerprint density at radius 3 is 1.94 bits per heavy atom. The van der Waals surface area contributed by atoms with Crippen molar-refractivity contribution in [3.8, 4) is 0 Å². The molecule has 0 radical (unpaired) electrons. The Morgan fingerprint density at radius 1 is 0.800 bits per heavy atom. The fourth-order valence-corrected chi connectivity index (χ4v) is 18.7. The molecule has 80 heavy (non-hydrogen) atoms. The number of ether oxygens (including phenoxy) is 5. The van der Waals surface area contributed by atoms with E-state index in [0.717, 1.165) is 44.7 Å². The number of carbonyl (C=O) groups excluding carboxylic acids is 2. The number of aliphatic hydroxyl groups is 4. The van der Waals surface area contributed by atoms with Crippen molar-refractivity contribution in [2.24, 2.45) is 24.8 Å². The van der Waals surface area contributed by atoms with Crippen LogP contribution in [0.1, 0.15) is 165 Å². The summed E-state index contributed by atoms with van der Waals surface area (Å²) in [4.78, 5) is 33.0. The summed E-state index contributed by atoms with van der Waals surface area (Å²) in [6.45, 7) is 16.9. The second-order valence-corrected chi connectivity index (χ2v) is 29.7. The molecule has 1 amide bonds. The maximum atomic E-state index is 14.6. The van der Waals surface area contributed by atoms with Crippen LogP contribution in [0.4, 0.5) is 0 Å². The molecule has 4 heterocycles. The van der Waals surface area contributed by atoms with Gasteiger partial charge >= 0.3 is 195 Å². The summed E-state index contributed by atoms with van der Waals surface area (Å²) >= 11 is 0. The minimum absolute atomic E-state index is 0.0121. The van der Waals surface area contributed by atoms with Gasteiger partial charge in [-0.2, -0.15) is 0 Å². The Balaban J connectivity index is 1.12. The van der Waals surface area contributed by atoms with Gasteiger partial charge in [-0.05, 0) is 93.7 Å². The van der Waals surface area contributed by atoms with Crippen molar-refractivity contribution in [2.75, 3.05) is 33.9 Å². The fraction of sp³-hybridized carbons (Fsp3) is 0.734. The van der Waals surface area contributed by atoms with Crippen molar-refractivity contribution in [1.29, 1.82) is 0 Å². The maximum absolute atomic E-state index is 14.6. The minimum Gasteiger partial charge on any atom is -0.386 e. The van der Waals surface area contributed by atoms with Crippen molar-refractivity contribution in [1.82, 2.24) is 19.6 Å².